The van der Waals surface area contributed by atoms with Crippen molar-refractivity contribution in [3.8, 4) is 0 Å². The fraction of sp³-hybridized carbons (Fsp3) is 0.316. The van der Waals surface area contributed by atoms with Crippen molar-refractivity contribution in [1.29, 1.82) is 0 Å². The highest BCUT2D eigenvalue weighted by molar-refractivity contribution is 6.04. The molecule has 2 unspecified atom stereocenters. The number of halogens is 2. The predicted octanol–water partition coefficient (Wildman–Crippen LogP) is 2.92. The topological polar surface area (TPSA) is 97.1 Å². The van der Waals surface area contributed by atoms with E-state index in [1.165, 1.54) is 0 Å². The van der Waals surface area contributed by atoms with Crippen LogP contribution in [0.3, 0.4) is 0 Å². The highest BCUT2D eigenvalue weighted by atomic mass is 35.5. The van der Waals surface area contributed by atoms with Gasteiger partial charge in [-0.3, -0.25) is 14.6 Å². The van der Waals surface area contributed by atoms with E-state index in [1.54, 1.807) is 36.7 Å². The van der Waals surface area contributed by atoms with Crippen LogP contribution in [0, 0.1) is 5.92 Å². The average molecular weight is 411 g/mol. The van der Waals surface area contributed by atoms with Crippen molar-refractivity contribution >= 4 is 42.3 Å². The Labute approximate surface area is 171 Å². The first-order valence-corrected chi connectivity index (χ1v) is 8.45. The van der Waals surface area contributed by atoms with E-state index in [-0.39, 0.29) is 48.6 Å². The highest BCUT2D eigenvalue weighted by Crippen LogP contribution is 2.24. The number of anilines is 1. The van der Waals surface area contributed by atoms with Crippen LogP contribution in [0.4, 0.5) is 5.69 Å². The molecule has 146 valence electrons. The lowest BCUT2D eigenvalue weighted by Gasteiger charge is -2.11. The molecule has 1 aliphatic rings. The number of carbonyl (C=O) groups excluding carboxylic acids is 2. The number of pyridine rings is 1. The van der Waals surface area contributed by atoms with E-state index in [9.17, 15) is 9.59 Å². The third kappa shape index (κ3) is 6.50. The molecule has 0 spiro atoms. The van der Waals surface area contributed by atoms with E-state index in [1.807, 2.05) is 12.1 Å². The van der Waals surface area contributed by atoms with Crippen LogP contribution in [0.1, 0.15) is 35.2 Å². The van der Waals surface area contributed by atoms with Gasteiger partial charge in [0.15, 0.2) is 0 Å². The van der Waals surface area contributed by atoms with Gasteiger partial charge in [0.2, 0.25) is 5.91 Å². The van der Waals surface area contributed by atoms with E-state index >= 15 is 0 Å². The smallest absolute Gasteiger partial charge is 0.255 e. The Morgan fingerprint density at radius 3 is 2.30 bits per heavy atom. The summed E-state index contributed by atoms with van der Waals surface area (Å²) in [6.45, 7) is 0.455. The molecule has 0 saturated heterocycles. The van der Waals surface area contributed by atoms with Crippen molar-refractivity contribution < 1.29 is 9.59 Å². The van der Waals surface area contributed by atoms with Crippen molar-refractivity contribution in [2.75, 3.05) is 5.32 Å². The molecule has 0 radical (unpaired) electrons. The molecule has 1 heterocycles. The molecule has 1 aromatic heterocycles. The molecule has 1 fully saturated rings. The SMILES string of the molecule is Cl.Cl.NC1CCC(C(=O)NCc2ccc(C(=O)Nc3ccncc3)cc2)C1. The van der Waals surface area contributed by atoms with Crippen molar-refractivity contribution in [1.82, 2.24) is 10.3 Å². The summed E-state index contributed by atoms with van der Waals surface area (Å²) in [5, 5.41) is 5.76. The number of amides is 2. The molecule has 6 nitrogen and oxygen atoms in total. The second-order valence-corrected chi connectivity index (χ2v) is 6.37. The summed E-state index contributed by atoms with van der Waals surface area (Å²) < 4.78 is 0. The van der Waals surface area contributed by atoms with E-state index in [0.717, 1.165) is 24.8 Å². The summed E-state index contributed by atoms with van der Waals surface area (Å²) in [6, 6.07) is 10.8. The van der Waals surface area contributed by atoms with Crippen LogP contribution in [0.15, 0.2) is 48.8 Å². The number of nitrogens with zero attached hydrogens (tertiary/aromatic N) is 1. The van der Waals surface area contributed by atoms with Gasteiger partial charge >= 0.3 is 0 Å². The van der Waals surface area contributed by atoms with E-state index in [4.69, 9.17) is 5.73 Å². The number of nitrogens with two attached hydrogens (primary N) is 1. The van der Waals surface area contributed by atoms with Crippen LogP contribution >= 0.6 is 24.8 Å². The fourth-order valence-electron chi connectivity index (χ4n) is 3.00. The Kier molecular flexibility index (Phi) is 9.21. The monoisotopic (exact) mass is 410 g/mol. The van der Waals surface area contributed by atoms with Crippen LogP contribution in [0.2, 0.25) is 0 Å². The minimum Gasteiger partial charge on any atom is -0.352 e. The van der Waals surface area contributed by atoms with Crippen molar-refractivity contribution in [2.45, 2.75) is 31.8 Å². The second-order valence-electron chi connectivity index (χ2n) is 6.37. The van der Waals surface area contributed by atoms with E-state index in [0.29, 0.717) is 17.8 Å². The van der Waals surface area contributed by atoms with Crippen LogP contribution in [0.5, 0.6) is 0 Å². The zero-order chi connectivity index (χ0) is 17.6. The Morgan fingerprint density at radius 2 is 1.70 bits per heavy atom. The van der Waals surface area contributed by atoms with Gasteiger partial charge < -0.3 is 16.4 Å². The first-order valence-electron chi connectivity index (χ1n) is 8.45. The quantitative estimate of drug-likeness (QED) is 0.705. The Bertz CT molecular complexity index is 741. The summed E-state index contributed by atoms with van der Waals surface area (Å²) in [5.41, 5.74) is 8.07. The molecule has 3 rings (SSSR count). The maximum atomic E-state index is 12.2. The molecule has 1 aromatic carbocycles. The number of nitrogens with one attached hydrogen (secondary N) is 2. The molecule has 27 heavy (non-hydrogen) atoms. The number of rotatable bonds is 5. The zero-order valence-electron chi connectivity index (χ0n) is 14.8. The lowest BCUT2D eigenvalue weighted by molar-refractivity contribution is -0.125. The zero-order valence-corrected chi connectivity index (χ0v) is 16.4. The Balaban J connectivity index is 0.00000182. The lowest BCUT2D eigenvalue weighted by atomic mass is 10.1. The Hall–Kier alpha value is -2.15. The van der Waals surface area contributed by atoms with Gasteiger partial charge in [-0.15, -0.1) is 24.8 Å². The summed E-state index contributed by atoms with van der Waals surface area (Å²) in [4.78, 5) is 28.2. The van der Waals surface area contributed by atoms with Crippen molar-refractivity contribution in [3.05, 3.63) is 59.9 Å². The maximum absolute atomic E-state index is 12.2. The molecular weight excluding hydrogens is 387 g/mol. The third-order valence-corrected chi connectivity index (χ3v) is 4.47. The first-order chi connectivity index (χ1) is 12.1. The third-order valence-electron chi connectivity index (χ3n) is 4.47. The number of carbonyl (C=O) groups is 2. The minimum atomic E-state index is -0.179. The molecule has 1 saturated carbocycles. The van der Waals surface area contributed by atoms with Crippen LogP contribution < -0.4 is 16.4 Å². The molecule has 2 amide bonds. The molecular formula is C19H24Cl2N4O2. The summed E-state index contributed by atoms with van der Waals surface area (Å²) >= 11 is 0. The van der Waals surface area contributed by atoms with Gasteiger partial charge in [-0.25, -0.2) is 0 Å². The highest BCUT2D eigenvalue weighted by Gasteiger charge is 2.27. The normalized spacial score (nSPS) is 18.0. The summed E-state index contributed by atoms with van der Waals surface area (Å²) in [6.07, 6.45) is 5.79. The molecule has 2 atom stereocenters. The average Bonchev–Trinajstić information content (AvgIpc) is 3.07. The van der Waals surface area contributed by atoms with Gasteiger partial charge in [-0.1, -0.05) is 12.1 Å². The second kappa shape index (κ2) is 10.9. The molecule has 1 aliphatic carbocycles. The molecule has 0 aliphatic heterocycles. The van der Waals surface area contributed by atoms with Gasteiger partial charge in [-0.2, -0.15) is 0 Å². The van der Waals surface area contributed by atoms with Crippen LogP contribution in [0.25, 0.3) is 0 Å². The van der Waals surface area contributed by atoms with Gasteiger partial charge in [0.25, 0.3) is 5.91 Å². The minimum absolute atomic E-state index is 0. The van der Waals surface area contributed by atoms with Crippen LogP contribution in [-0.4, -0.2) is 22.8 Å². The predicted molar refractivity (Wildman–Crippen MR) is 110 cm³/mol. The van der Waals surface area contributed by atoms with Gasteiger partial charge in [0.05, 0.1) is 0 Å². The molecule has 2 aromatic rings. The van der Waals surface area contributed by atoms with E-state index in [2.05, 4.69) is 15.6 Å². The van der Waals surface area contributed by atoms with Gasteiger partial charge in [0.1, 0.15) is 0 Å². The van der Waals surface area contributed by atoms with Crippen molar-refractivity contribution in [2.24, 2.45) is 11.7 Å². The van der Waals surface area contributed by atoms with Crippen molar-refractivity contribution in [3.63, 3.8) is 0 Å². The molecule has 8 heteroatoms. The summed E-state index contributed by atoms with van der Waals surface area (Å²) in [5.74, 6) is -0.0883. The number of aromatic nitrogens is 1. The number of benzene rings is 1. The number of hydrogen-bond donors (Lipinski definition) is 3. The van der Waals surface area contributed by atoms with Gasteiger partial charge in [0, 0.05) is 42.1 Å². The lowest BCUT2D eigenvalue weighted by Crippen LogP contribution is -2.30. The van der Waals surface area contributed by atoms with Crippen LogP contribution in [-0.2, 0) is 11.3 Å². The van der Waals surface area contributed by atoms with Gasteiger partial charge in [-0.05, 0) is 49.1 Å². The fourth-order valence-corrected chi connectivity index (χ4v) is 3.00. The van der Waals surface area contributed by atoms with E-state index < -0.39 is 0 Å². The largest absolute Gasteiger partial charge is 0.352 e. The Morgan fingerprint density at radius 1 is 1.04 bits per heavy atom. The standard InChI is InChI=1S/C19H22N4O2.2ClH/c20-16-6-5-15(11-16)18(24)22-12-13-1-3-14(4-2-13)19(25)23-17-7-9-21-10-8-17;;/h1-4,7-10,15-16H,5-6,11-12,20H2,(H,22,24)(H,21,23,25);2*1H. The number of hydrogen-bond acceptors (Lipinski definition) is 4. The molecule has 4 N–H and O–H groups in total. The first kappa shape index (κ1) is 22.9. The summed E-state index contributed by atoms with van der Waals surface area (Å²) in [7, 11) is 0. The molecule has 0 bridgehead atoms. The maximum Gasteiger partial charge on any atom is 0.255 e.